The third-order valence-corrected chi connectivity index (χ3v) is 5.93. The summed E-state index contributed by atoms with van der Waals surface area (Å²) in [7, 11) is -2.92. The summed E-state index contributed by atoms with van der Waals surface area (Å²) in [6.45, 7) is 0.583. The van der Waals surface area contributed by atoms with Crippen LogP contribution in [0, 0.1) is 5.92 Å². The van der Waals surface area contributed by atoms with E-state index in [1.165, 1.54) is 0 Å². The standard InChI is InChI=1S/C15H19NO4S/c17-15(9-11-6-8-21(18,19)10-11)16-13-5-7-20-14-4-2-1-3-12(13)14/h1-4,11,13H,5-10H2,(H,16,17)/t11-,13+/m0/s1. The van der Waals surface area contributed by atoms with E-state index in [9.17, 15) is 13.2 Å². The van der Waals surface area contributed by atoms with E-state index in [2.05, 4.69) is 5.32 Å². The summed E-state index contributed by atoms with van der Waals surface area (Å²) in [5.41, 5.74) is 0.996. The lowest BCUT2D eigenvalue weighted by molar-refractivity contribution is -0.122. The van der Waals surface area contributed by atoms with Crippen LogP contribution in [-0.2, 0) is 14.6 Å². The second-order valence-electron chi connectivity index (χ2n) is 5.77. The third-order valence-electron chi connectivity index (χ3n) is 4.09. The molecular formula is C15H19NO4S. The van der Waals surface area contributed by atoms with E-state index in [-0.39, 0.29) is 29.4 Å². The number of rotatable bonds is 3. The number of amides is 1. The molecule has 0 radical (unpaired) electrons. The van der Waals surface area contributed by atoms with Crippen LogP contribution in [0.2, 0.25) is 0 Å². The largest absolute Gasteiger partial charge is 0.493 e. The molecule has 2 atom stereocenters. The molecule has 2 aliphatic heterocycles. The van der Waals surface area contributed by atoms with Crippen LogP contribution in [0.4, 0.5) is 0 Å². The lowest BCUT2D eigenvalue weighted by Crippen LogP contribution is -2.33. The average Bonchev–Trinajstić information content (AvgIpc) is 2.78. The number of nitrogens with one attached hydrogen (secondary N) is 1. The van der Waals surface area contributed by atoms with Gasteiger partial charge in [0.25, 0.3) is 0 Å². The maximum absolute atomic E-state index is 12.1. The van der Waals surface area contributed by atoms with E-state index in [0.29, 0.717) is 19.4 Å². The Morgan fingerprint density at radius 1 is 1.29 bits per heavy atom. The van der Waals surface area contributed by atoms with Gasteiger partial charge < -0.3 is 10.1 Å². The van der Waals surface area contributed by atoms with Gasteiger partial charge >= 0.3 is 0 Å². The van der Waals surface area contributed by atoms with Crippen molar-refractivity contribution in [3.8, 4) is 5.75 Å². The Hall–Kier alpha value is -1.56. The van der Waals surface area contributed by atoms with Crippen LogP contribution in [0.3, 0.4) is 0 Å². The molecule has 0 bridgehead atoms. The fourth-order valence-electron chi connectivity index (χ4n) is 3.04. The van der Waals surface area contributed by atoms with Gasteiger partial charge in [0, 0.05) is 18.4 Å². The molecule has 1 aromatic carbocycles. The first-order chi connectivity index (χ1) is 10.0. The predicted molar refractivity (Wildman–Crippen MR) is 78.8 cm³/mol. The molecule has 2 aliphatic rings. The van der Waals surface area contributed by atoms with Crippen molar-refractivity contribution in [1.29, 1.82) is 0 Å². The lowest BCUT2D eigenvalue weighted by Gasteiger charge is -2.27. The first-order valence-corrected chi connectivity index (χ1v) is 9.07. The molecule has 3 rings (SSSR count). The van der Waals surface area contributed by atoms with Gasteiger partial charge in [0.15, 0.2) is 9.84 Å². The zero-order valence-electron chi connectivity index (χ0n) is 11.7. The fraction of sp³-hybridized carbons (Fsp3) is 0.533. The highest BCUT2D eigenvalue weighted by Crippen LogP contribution is 2.32. The van der Waals surface area contributed by atoms with E-state index in [4.69, 9.17) is 4.74 Å². The normalized spacial score (nSPS) is 26.7. The SMILES string of the molecule is O=C(C[C@@H]1CCS(=O)(=O)C1)N[C@@H]1CCOc2ccccc21. The van der Waals surface area contributed by atoms with Gasteiger partial charge in [-0.3, -0.25) is 4.79 Å². The molecule has 1 N–H and O–H groups in total. The van der Waals surface area contributed by atoms with Crippen LogP contribution in [-0.4, -0.2) is 32.4 Å². The van der Waals surface area contributed by atoms with E-state index in [1.807, 2.05) is 24.3 Å². The summed E-state index contributed by atoms with van der Waals surface area (Å²) in [4.78, 5) is 12.1. The number of sulfone groups is 1. The summed E-state index contributed by atoms with van der Waals surface area (Å²) in [6, 6.07) is 7.65. The first-order valence-electron chi connectivity index (χ1n) is 7.25. The number of hydrogen-bond donors (Lipinski definition) is 1. The Morgan fingerprint density at radius 2 is 2.10 bits per heavy atom. The van der Waals surface area contributed by atoms with Gasteiger partial charge in [-0.25, -0.2) is 8.42 Å². The van der Waals surface area contributed by atoms with E-state index >= 15 is 0 Å². The summed E-state index contributed by atoms with van der Waals surface area (Å²) < 4.78 is 28.4. The Balaban J connectivity index is 1.61. The van der Waals surface area contributed by atoms with Gasteiger partial charge in [-0.1, -0.05) is 18.2 Å². The summed E-state index contributed by atoms with van der Waals surface area (Å²) in [5.74, 6) is 1.07. The van der Waals surface area contributed by atoms with Crippen LogP contribution in [0.25, 0.3) is 0 Å². The molecule has 1 saturated heterocycles. The van der Waals surface area contributed by atoms with Gasteiger partial charge in [-0.2, -0.15) is 0 Å². The van der Waals surface area contributed by atoms with Crippen molar-refractivity contribution < 1.29 is 17.9 Å². The minimum absolute atomic E-state index is 0.0370. The first kappa shape index (κ1) is 14.4. The number of ether oxygens (including phenoxy) is 1. The van der Waals surface area contributed by atoms with Crippen molar-refractivity contribution in [2.75, 3.05) is 18.1 Å². The summed E-state index contributed by atoms with van der Waals surface area (Å²) in [5, 5.41) is 3.02. The molecule has 21 heavy (non-hydrogen) atoms. The van der Waals surface area contributed by atoms with Gasteiger partial charge in [0.05, 0.1) is 24.2 Å². The highest BCUT2D eigenvalue weighted by Gasteiger charge is 2.30. The minimum atomic E-state index is -2.92. The molecule has 0 aliphatic carbocycles. The number of carbonyl (C=O) groups is 1. The molecule has 6 heteroatoms. The van der Waals surface area contributed by atoms with Crippen LogP contribution in [0.1, 0.15) is 30.9 Å². The van der Waals surface area contributed by atoms with E-state index in [1.54, 1.807) is 0 Å². The van der Waals surface area contributed by atoms with E-state index in [0.717, 1.165) is 17.7 Å². The number of benzene rings is 1. The minimum Gasteiger partial charge on any atom is -0.493 e. The topological polar surface area (TPSA) is 72.5 Å². The molecular weight excluding hydrogens is 290 g/mol. The molecule has 0 unspecified atom stereocenters. The zero-order valence-corrected chi connectivity index (χ0v) is 12.6. The Kier molecular flexibility index (Phi) is 3.89. The number of carbonyl (C=O) groups excluding carboxylic acids is 1. The van der Waals surface area contributed by atoms with Crippen LogP contribution < -0.4 is 10.1 Å². The van der Waals surface area contributed by atoms with Gasteiger partial charge in [0.1, 0.15) is 5.75 Å². The number of hydrogen-bond acceptors (Lipinski definition) is 4. The van der Waals surface area contributed by atoms with Crippen molar-refractivity contribution in [2.45, 2.75) is 25.3 Å². The van der Waals surface area contributed by atoms with Crippen molar-refractivity contribution in [3.63, 3.8) is 0 Å². The highest BCUT2D eigenvalue weighted by atomic mass is 32.2. The monoisotopic (exact) mass is 309 g/mol. The van der Waals surface area contributed by atoms with Crippen molar-refractivity contribution in [2.24, 2.45) is 5.92 Å². The van der Waals surface area contributed by atoms with Gasteiger partial charge in [-0.05, 0) is 18.4 Å². The number of fused-ring (bicyclic) bond motifs is 1. The smallest absolute Gasteiger partial charge is 0.220 e. The Morgan fingerprint density at radius 3 is 2.86 bits per heavy atom. The van der Waals surface area contributed by atoms with Gasteiger partial charge in [-0.15, -0.1) is 0 Å². The van der Waals surface area contributed by atoms with Crippen LogP contribution >= 0.6 is 0 Å². The molecule has 1 fully saturated rings. The predicted octanol–water partition coefficient (Wildman–Crippen LogP) is 1.45. The fourth-order valence-corrected chi connectivity index (χ4v) is 4.90. The van der Waals surface area contributed by atoms with Crippen molar-refractivity contribution in [1.82, 2.24) is 5.32 Å². The lowest BCUT2D eigenvalue weighted by atomic mass is 9.99. The van der Waals surface area contributed by atoms with E-state index < -0.39 is 9.84 Å². The second-order valence-corrected chi connectivity index (χ2v) is 8.00. The average molecular weight is 309 g/mol. The zero-order chi connectivity index (χ0) is 14.9. The highest BCUT2D eigenvalue weighted by molar-refractivity contribution is 7.91. The number of para-hydroxylation sites is 1. The Bertz CT molecular complexity index is 641. The summed E-state index contributed by atoms with van der Waals surface area (Å²) >= 11 is 0. The second kappa shape index (κ2) is 5.67. The van der Waals surface area contributed by atoms with Gasteiger partial charge in [0.2, 0.25) is 5.91 Å². The maximum Gasteiger partial charge on any atom is 0.220 e. The molecule has 114 valence electrons. The maximum atomic E-state index is 12.1. The molecule has 1 amide bonds. The third kappa shape index (κ3) is 3.37. The molecule has 0 saturated carbocycles. The molecule has 2 heterocycles. The quantitative estimate of drug-likeness (QED) is 0.917. The molecule has 1 aromatic rings. The molecule has 5 nitrogen and oxygen atoms in total. The molecule has 0 aromatic heterocycles. The van der Waals surface area contributed by atoms with Crippen LogP contribution in [0.5, 0.6) is 5.75 Å². The summed E-state index contributed by atoms with van der Waals surface area (Å²) in [6.07, 6.45) is 1.63. The van der Waals surface area contributed by atoms with Crippen molar-refractivity contribution in [3.05, 3.63) is 29.8 Å². The van der Waals surface area contributed by atoms with Crippen LogP contribution in [0.15, 0.2) is 24.3 Å². The molecule has 0 spiro atoms. The Labute approximate surface area is 124 Å². The van der Waals surface area contributed by atoms with Crippen molar-refractivity contribution >= 4 is 15.7 Å².